The summed E-state index contributed by atoms with van der Waals surface area (Å²) in [7, 11) is 1.49. The summed E-state index contributed by atoms with van der Waals surface area (Å²) in [4.78, 5) is 32.6. The number of oxazole rings is 1. The molecule has 0 atom stereocenters. The number of alkyl halides is 3. The number of anilines is 3. The Bertz CT molecular complexity index is 1780. The fraction of sp³-hybridized carbons (Fsp3) is 0.107. The van der Waals surface area contributed by atoms with E-state index < -0.39 is 23.3 Å². The van der Waals surface area contributed by atoms with Gasteiger partial charge in [-0.15, -0.1) is 0 Å². The summed E-state index contributed by atoms with van der Waals surface area (Å²) < 4.78 is 54.6. The number of rotatable bonds is 9. The minimum absolute atomic E-state index is 0.0178. The number of benzene rings is 2. The third kappa shape index (κ3) is 6.38. The molecule has 0 unspecified atom stereocenters. The van der Waals surface area contributed by atoms with Crippen LogP contribution >= 0.6 is 0 Å². The second-order valence-corrected chi connectivity index (χ2v) is 8.85. The van der Waals surface area contributed by atoms with Gasteiger partial charge < -0.3 is 25.1 Å². The standard InChI is InChI=1S/C28H22F3N7O4/c1-16(15-38-11-3-9-34-38)25(39)36-21-6-4-17(12-20(21)28(29,30)31)35-27-37-22-13-18(5-7-24(22)42-27)41-19-8-10-33-23(14-19)26(40)32-2/h3-14H,1,15H2,2H3,(H,32,40)(H,35,37)(H,36,39). The van der Waals surface area contributed by atoms with Crippen LogP contribution in [0.1, 0.15) is 16.1 Å². The van der Waals surface area contributed by atoms with Crippen LogP contribution in [-0.4, -0.2) is 38.6 Å². The second kappa shape index (κ2) is 11.4. The van der Waals surface area contributed by atoms with Crippen LogP contribution in [0.5, 0.6) is 11.5 Å². The van der Waals surface area contributed by atoms with Gasteiger partial charge in [0.2, 0.25) is 0 Å². The van der Waals surface area contributed by atoms with Gasteiger partial charge in [0.05, 0.1) is 17.8 Å². The quantitative estimate of drug-likeness (QED) is 0.195. The lowest BCUT2D eigenvalue weighted by atomic mass is 10.1. The molecule has 214 valence electrons. The first-order valence-corrected chi connectivity index (χ1v) is 12.3. The first-order valence-electron chi connectivity index (χ1n) is 12.3. The highest BCUT2D eigenvalue weighted by Crippen LogP contribution is 2.37. The Labute approximate surface area is 236 Å². The van der Waals surface area contributed by atoms with Crippen molar-refractivity contribution in [3.63, 3.8) is 0 Å². The molecule has 14 heteroatoms. The summed E-state index contributed by atoms with van der Waals surface area (Å²) in [6, 6.07) is 12.7. The first-order chi connectivity index (χ1) is 20.1. The second-order valence-electron chi connectivity index (χ2n) is 8.85. The van der Waals surface area contributed by atoms with Gasteiger partial charge in [-0.2, -0.15) is 23.3 Å². The molecule has 0 aliphatic heterocycles. The Morgan fingerprint density at radius 2 is 1.88 bits per heavy atom. The molecule has 3 aromatic heterocycles. The molecule has 0 spiro atoms. The van der Waals surface area contributed by atoms with E-state index in [2.05, 4.69) is 37.6 Å². The zero-order valence-corrected chi connectivity index (χ0v) is 21.9. The highest BCUT2D eigenvalue weighted by molar-refractivity contribution is 6.03. The average molecular weight is 578 g/mol. The number of halogens is 3. The summed E-state index contributed by atoms with van der Waals surface area (Å²) in [5.41, 5.74) is -0.570. The maximum absolute atomic E-state index is 13.9. The van der Waals surface area contributed by atoms with Crippen molar-refractivity contribution in [2.45, 2.75) is 12.7 Å². The molecule has 0 fully saturated rings. The summed E-state index contributed by atoms with van der Waals surface area (Å²) >= 11 is 0. The van der Waals surface area contributed by atoms with Crippen molar-refractivity contribution in [3.05, 3.63) is 96.6 Å². The Morgan fingerprint density at radius 1 is 1.07 bits per heavy atom. The topological polar surface area (TPSA) is 136 Å². The van der Waals surface area contributed by atoms with Crippen LogP contribution in [0.4, 0.5) is 30.6 Å². The van der Waals surface area contributed by atoms with Gasteiger partial charge in [0, 0.05) is 49.0 Å². The SMILES string of the molecule is C=C(Cn1cccn1)C(=O)Nc1ccc(Nc2nc3cc(Oc4ccnc(C(=O)NC)c4)ccc3o2)cc1C(F)(F)F. The predicted octanol–water partition coefficient (Wildman–Crippen LogP) is 5.53. The van der Waals surface area contributed by atoms with Gasteiger partial charge in [-0.25, -0.2) is 0 Å². The van der Waals surface area contributed by atoms with Gasteiger partial charge in [-0.3, -0.25) is 19.3 Å². The molecule has 5 rings (SSSR count). The van der Waals surface area contributed by atoms with Gasteiger partial charge in [0.1, 0.15) is 22.7 Å². The van der Waals surface area contributed by atoms with E-state index in [0.717, 1.165) is 12.1 Å². The van der Waals surface area contributed by atoms with Crippen molar-refractivity contribution in [2.24, 2.45) is 0 Å². The average Bonchev–Trinajstić information content (AvgIpc) is 3.62. The summed E-state index contributed by atoms with van der Waals surface area (Å²) in [5.74, 6) is -0.403. The minimum Gasteiger partial charge on any atom is -0.457 e. The molecule has 11 nitrogen and oxygen atoms in total. The molecule has 0 saturated heterocycles. The number of ether oxygens (including phenoxy) is 1. The molecule has 0 radical (unpaired) electrons. The van der Waals surface area contributed by atoms with Crippen LogP contribution in [0.25, 0.3) is 11.1 Å². The van der Waals surface area contributed by atoms with Crippen LogP contribution in [0, 0.1) is 0 Å². The van der Waals surface area contributed by atoms with E-state index in [1.54, 1.807) is 36.5 Å². The fourth-order valence-electron chi connectivity index (χ4n) is 3.85. The Hall–Kier alpha value is -5.66. The van der Waals surface area contributed by atoms with Crippen molar-refractivity contribution in [1.29, 1.82) is 0 Å². The number of hydrogen-bond acceptors (Lipinski definition) is 8. The van der Waals surface area contributed by atoms with E-state index in [0.29, 0.717) is 22.6 Å². The summed E-state index contributed by atoms with van der Waals surface area (Å²) in [6.45, 7) is 3.66. The molecule has 42 heavy (non-hydrogen) atoms. The number of aromatic nitrogens is 4. The van der Waals surface area contributed by atoms with Crippen molar-refractivity contribution in [3.8, 4) is 11.5 Å². The fourth-order valence-corrected chi connectivity index (χ4v) is 3.85. The number of hydrogen-bond donors (Lipinski definition) is 3. The highest BCUT2D eigenvalue weighted by Gasteiger charge is 2.34. The van der Waals surface area contributed by atoms with Crippen LogP contribution in [-0.2, 0) is 17.5 Å². The lowest BCUT2D eigenvalue weighted by Crippen LogP contribution is -2.20. The number of nitrogens with one attached hydrogen (secondary N) is 3. The highest BCUT2D eigenvalue weighted by atomic mass is 19.4. The molecular formula is C28H22F3N7O4. The Kier molecular flexibility index (Phi) is 7.60. The van der Waals surface area contributed by atoms with E-state index in [9.17, 15) is 22.8 Å². The monoisotopic (exact) mass is 577 g/mol. The first kappa shape index (κ1) is 27.9. The molecule has 0 saturated carbocycles. The number of nitrogens with zero attached hydrogens (tertiary/aromatic N) is 4. The Balaban J connectivity index is 1.32. The molecule has 0 aliphatic rings. The number of carbonyl (C=O) groups is 2. The molecule has 5 aromatic rings. The lowest BCUT2D eigenvalue weighted by Gasteiger charge is -2.16. The van der Waals surface area contributed by atoms with E-state index in [-0.39, 0.29) is 35.4 Å². The zero-order chi connectivity index (χ0) is 29.9. The van der Waals surface area contributed by atoms with E-state index in [1.165, 1.54) is 36.3 Å². The van der Waals surface area contributed by atoms with Crippen molar-refractivity contribution < 1.29 is 31.9 Å². The maximum atomic E-state index is 13.9. The molecule has 2 aromatic carbocycles. The van der Waals surface area contributed by atoms with Crippen molar-refractivity contribution >= 4 is 40.3 Å². The third-order valence-corrected chi connectivity index (χ3v) is 5.84. The molecular weight excluding hydrogens is 555 g/mol. The zero-order valence-electron chi connectivity index (χ0n) is 21.9. The van der Waals surface area contributed by atoms with Gasteiger partial charge >= 0.3 is 6.18 Å². The van der Waals surface area contributed by atoms with Crippen LogP contribution in [0.15, 0.2) is 89.8 Å². The minimum atomic E-state index is -4.78. The maximum Gasteiger partial charge on any atom is 0.418 e. The third-order valence-electron chi connectivity index (χ3n) is 5.84. The molecule has 3 N–H and O–H groups in total. The molecule has 2 amide bonds. The van der Waals surface area contributed by atoms with E-state index in [4.69, 9.17) is 9.15 Å². The summed E-state index contributed by atoms with van der Waals surface area (Å²) in [5, 5.41) is 11.4. The largest absolute Gasteiger partial charge is 0.457 e. The normalized spacial score (nSPS) is 11.2. The van der Waals surface area contributed by atoms with E-state index >= 15 is 0 Å². The number of fused-ring (bicyclic) bond motifs is 1. The van der Waals surface area contributed by atoms with Gasteiger partial charge in [-0.05, 0) is 42.5 Å². The van der Waals surface area contributed by atoms with Crippen LogP contribution in [0.3, 0.4) is 0 Å². The van der Waals surface area contributed by atoms with E-state index in [1.807, 2.05) is 0 Å². The Morgan fingerprint density at radius 3 is 2.62 bits per heavy atom. The molecule has 0 bridgehead atoms. The van der Waals surface area contributed by atoms with Crippen LogP contribution in [0.2, 0.25) is 0 Å². The van der Waals surface area contributed by atoms with Gasteiger partial charge in [0.25, 0.3) is 17.8 Å². The van der Waals surface area contributed by atoms with Crippen molar-refractivity contribution in [1.82, 2.24) is 25.1 Å². The number of carbonyl (C=O) groups excluding carboxylic acids is 2. The number of pyridine rings is 1. The lowest BCUT2D eigenvalue weighted by molar-refractivity contribution is -0.136. The van der Waals surface area contributed by atoms with Gasteiger partial charge in [0.15, 0.2) is 5.58 Å². The summed E-state index contributed by atoms with van der Waals surface area (Å²) in [6.07, 6.45) is -0.233. The number of amides is 2. The van der Waals surface area contributed by atoms with Gasteiger partial charge in [-0.1, -0.05) is 6.58 Å². The predicted molar refractivity (Wildman–Crippen MR) is 146 cm³/mol. The smallest absolute Gasteiger partial charge is 0.418 e. The molecule has 0 aliphatic carbocycles. The van der Waals surface area contributed by atoms with Crippen molar-refractivity contribution in [2.75, 3.05) is 17.7 Å². The van der Waals surface area contributed by atoms with Crippen LogP contribution < -0.4 is 20.7 Å². The molecule has 3 heterocycles.